The van der Waals surface area contributed by atoms with Gasteiger partial charge >= 0.3 is 0 Å². The molecule has 0 saturated carbocycles. The third-order valence-corrected chi connectivity index (χ3v) is 4.42. The molecule has 0 saturated heterocycles. The molecular weight excluding hydrogens is 356 g/mol. The molecular formula is C19H19ClN2O4. The highest BCUT2D eigenvalue weighted by molar-refractivity contribution is 6.32. The van der Waals surface area contributed by atoms with Crippen LogP contribution in [0.2, 0.25) is 5.02 Å². The Morgan fingerprint density at radius 1 is 1.31 bits per heavy atom. The highest BCUT2D eigenvalue weighted by atomic mass is 35.5. The van der Waals surface area contributed by atoms with Gasteiger partial charge in [-0.15, -0.1) is 0 Å². The molecule has 1 heterocycles. The molecule has 136 valence electrons. The van der Waals surface area contributed by atoms with E-state index >= 15 is 0 Å². The number of anilines is 1. The average Bonchev–Trinajstić information content (AvgIpc) is 2.65. The van der Waals surface area contributed by atoms with Crippen molar-refractivity contribution in [2.75, 3.05) is 25.6 Å². The lowest BCUT2D eigenvalue weighted by molar-refractivity contribution is -0.126. The molecule has 3 rings (SSSR count). The molecule has 1 aliphatic rings. The minimum atomic E-state index is -0.561. The Morgan fingerprint density at radius 3 is 2.88 bits per heavy atom. The molecule has 7 heteroatoms. The number of methoxy groups -OCH3 is 1. The van der Waals surface area contributed by atoms with Crippen LogP contribution in [0.25, 0.3) is 0 Å². The zero-order valence-electron chi connectivity index (χ0n) is 14.3. The maximum atomic E-state index is 12.6. The quantitative estimate of drug-likeness (QED) is 0.762. The SMILES string of the molecule is COc1ccc2c(c1)C(C(=O)NCCOc1ccccc1Cl)CC(=O)N2. The van der Waals surface area contributed by atoms with Crippen molar-refractivity contribution in [3.63, 3.8) is 0 Å². The van der Waals surface area contributed by atoms with Gasteiger partial charge in [0, 0.05) is 12.1 Å². The van der Waals surface area contributed by atoms with Crippen LogP contribution in [0.1, 0.15) is 17.9 Å². The summed E-state index contributed by atoms with van der Waals surface area (Å²) in [5.41, 5.74) is 1.38. The lowest BCUT2D eigenvalue weighted by Crippen LogP contribution is -2.36. The molecule has 0 fully saturated rings. The minimum absolute atomic E-state index is 0.0946. The standard InChI is InChI=1S/C19H19ClN2O4/c1-25-12-6-7-16-13(10-12)14(11-18(23)22-16)19(24)21-8-9-26-17-5-3-2-4-15(17)20/h2-7,10,14H,8-9,11H2,1H3,(H,21,24)(H,22,23). The Bertz CT molecular complexity index is 825. The first-order valence-electron chi connectivity index (χ1n) is 8.21. The van der Waals surface area contributed by atoms with Crippen LogP contribution in [0, 0.1) is 0 Å². The summed E-state index contributed by atoms with van der Waals surface area (Å²) in [5, 5.41) is 6.11. The number of halogens is 1. The van der Waals surface area contributed by atoms with Crippen molar-refractivity contribution in [2.24, 2.45) is 0 Å². The normalized spacial score (nSPS) is 15.6. The largest absolute Gasteiger partial charge is 0.497 e. The predicted molar refractivity (Wildman–Crippen MR) is 98.9 cm³/mol. The fourth-order valence-corrected chi connectivity index (χ4v) is 3.01. The maximum Gasteiger partial charge on any atom is 0.228 e. The third kappa shape index (κ3) is 4.08. The monoisotopic (exact) mass is 374 g/mol. The van der Waals surface area contributed by atoms with Crippen molar-refractivity contribution in [1.29, 1.82) is 0 Å². The summed E-state index contributed by atoms with van der Waals surface area (Å²) in [5.74, 6) is 0.233. The topological polar surface area (TPSA) is 76.7 Å². The van der Waals surface area contributed by atoms with Gasteiger partial charge in [-0.05, 0) is 35.9 Å². The van der Waals surface area contributed by atoms with Crippen molar-refractivity contribution in [3.05, 3.63) is 53.1 Å². The Kier molecular flexibility index (Phi) is 5.63. The molecule has 1 unspecified atom stereocenters. The van der Waals surface area contributed by atoms with Gasteiger partial charge in [-0.1, -0.05) is 23.7 Å². The number of hydrogen-bond acceptors (Lipinski definition) is 4. The van der Waals surface area contributed by atoms with E-state index in [1.165, 1.54) is 0 Å². The van der Waals surface area contributed by atoms with Crippen LogP contribution < -0.4 is 20.1 Å². The van der Waals surface area contributed by atoms with E-state index in [2.05, 4.69) is 10.6 Å². The summed E-state index contributed by atoms with van der Waals surface area (Å²) in [6.07, 6.45) is 0.0946. The van der Waals surface area contributed by atoms with E-state index in [0.717, 1.165) is 5.56 Å². The number of rotatable bonds is 6. The van der Waals surface area contributed by atoms with Gasteiger partial charge in [-0.2, -0.15) is 0 Å². The molecule has 0 bridgehead atoms. The van der Waals surface area contributed by atoms with Gasteiger partial charge in [0.05, 0.1) is 24.6 Å². The number of carbonyl (C=O) groups is 2. The van der Waals surface area contributed by atoms with Gasteiger partial charge in [-0.3, -0.25) is 9.59 Å². The summed E-state index contributed by atoms with van der Waals surface area (Å²) in [7, 11) is 1.56. The second-order valence-corrected chi connectivity index (χ2v) is 6.24. The smallest absolute Gasteiger partial charge is 0.228 e. The van der Waals surface area contributed by atoms with Crippen LogP contribution in [0.5, 0.6) is 11.5 Å². The number of carbonyl (C=O) groups excluding carboxylic acids is 2. The van der Waals surface area contributed by atoms with E-state index < -0.39 is 5.92 Å². The van der Waals surface area contributed by atoms with Crippen molar-refractivity contribution < 1.29 is 19.1 Å². The summed E-state index contributed by atoms with van der Waals surface area (Å²) in [6, 6.07) is 12.4. The average molecular weight is 375 g/mol. The van der Waals surface area contributed by atoms with E-state index in [1.807, 2.05) is 12.1 Å². The van der Waals surface area contributed by atoms with E-state index in [1.54, 1.807) is 37.4 Å². The van der Waals surface area contributed by atoms with Gasteiger partial charge in [0.25, 0.3) is 0 Å². The first kappa shape index (κ1) is 18.1. The van der Waals surface area contributed by atoms with E-state index in [-0.39, 0.29) is 24.8 Å². The molecule has 1 aliphatic heterocycles. The van der Waals surface area contributed by atoms with Gasteiger partial charge in [0.1, 0.15) is 18.1 Å². The van der Waals surface area contributed by atoms with Crippen LogP contribution in [-0.2, 0) is 9.59 Å². The molecule has 0 spiro atoms. The summed E-state index contributed by atoms with van der Waals surface area (Å²) < 4.78 is 10.8. The highest BCUT2D eigenvalue weighted by Crippen LogP contribution is 2.35. The molecule has 0 radical (unpaired) electrons. The fraction of sp³-hybridized carbons (Fsp3) is 0.263. The summed E-state index contributed by atoms with van der Waals surface area (Å²) in [4.78, 5) is 24.5. The van der Waals surface area contributed by atoms with Crippen LogP contribution in [-0.4, -0.2) is 32.1 Å². The lowest BCUT2D eigenvalue weighted by Gasteiger charge is -2.25. The number of hydrogen-bond donors (Lipinski definition) is 2. The molecule has 6 nitrogen and oxygen atoms in total. The molecule has 0 aromatic heterocycles. The van der Waals surface area contributed by atoms with Crippen LogP contribution in [0.4, 0.5) is 5.69 Å². The second-order valence-electron chi connectivity index (χ2n) is 5.83. The van der Waals surface area contributed by atoms with Crippen LogP contribution in [0.3, 0.4) is 0 Å². The van der Waals surface area contributed by atoms with Crippen LogP contribution in [0.15, 0.2) is 42.5 Å². The minimum Gasteiger partial charge on any atom is -0.497 e. The Morgan fingerprint density at radius 2 is 2.12 bits per heavy atom. The van der Waals surface area contributed by atoms with E-state index in [0.29, 0.717) is 28.8 Å². The summed E-state index contributed by atoms with van der Waals surface area (Å²) >= 11 is 6.02. The highest BCUT2D eigenvalue weighted by Gasteiger charge is 2.30. The molecule has 2 aromatic carbocycles. The number of nitrogens with one attached hydrogen (secondary N) is 2. The number of amides is 2. The molecule has 2 amide bonds. The van der Waals surface area contributed by atoms with Gasteiger partial charge in [0.15, 0.2) is 0 Å². The lowest BCUT2D eigenvalue weighted by atomic mass is 9.89. The molecule has 26 heavy (non-hydrogen) atoms. The zero-order valence-corrected chi connectivity index (χ0v) is 15.0. The number of benzene rings is 2. The maximum absolute atomic E-state index is 12.6. The summed E-state index contributed by atoms with van der Waals surface area (Å²) in [6.45, 7) is 0.584. The number of fused-ring (bicyclic) bond motifs is 1. The Balaban J connectivity index is 1.61. The number of para-hydroxylation sites is 1. The first-order chi connectivity index (χ1) is 12.6. The van der Waals surface area contributed by atoms with Crippen molar-refractivity contribution in [3.8, 4) is 11.5 Å². The molecule has 2 aromatic rings. The predicted octanol–water partition coefficient (Wildman–Crippen LogP) is 2.97. The zero-order chi connectivity index (χ0) is 18.5. The Labute approximate surface area is 156 Å². The van der Waals surface area contributed by atoms with Crippen molar-refractivity contribution in [1.82, 2.24) is 5.32 Å². The van der Waals surface area contributed by atoms with E-state index in [4.69, 9.17) is 21.1 Å². The van der Waals surface area contributed by atoms with Crippen molar-refractivity contribution >= 4 is 29.1 Å². The van der Waals surface area contributed by atoms with Gasteiger partial charge in [0.2, 0.25) is 11.8 Å². The second kappa shape index (κ2) is 8.10. The van der Waals surface area contributed by atoms with Crippen LogP contribution >= 0.6 is 11.6 Å². The van der Waals surface area contributed by atoms with Gasteiger partial charge in [-0.25, -0.2) is 0 Å². The molecule has 0 aliphatic carbocycles. The number of ether oxygens (including phenoxy) is 2. The fourth-order valence-electron chi connectivity index (χ4n) is 2.82. The van der Waals surface area contributed by atoms with Gasteiger partial charge < -0.3 is 20.1 Å². The molecule has 2 N–H and O–H groups in total. The van der Waals surface area contributed by atoms with E-state index in [9.17, 15) is 9.59 Å². The molecule has 1 atom stereocenters. The van der Waals surface area contributed by atoms with Crippen molar-refractivity contribution in [2.45, 2.75) is 12.3 Å². The first-order valence-corrected chi connectivity index (χ1v) is 8.59. The Hall–Kier alpha value is -2.73. The third-order valence-electron chi connectivity index (χ3n) is 4.11.